The van der Waals surface area contributed by atoms with Crippen molar-refractivity contribution in [3.05, 3.63) is 58.1 Å². The first-order valence-electron chi connectivity index (χ1n) is 6.52. The lowest BCUT2D eigenvalue weighted by Crippen LogP contribution is -2.34. The molecule has 0 saturated heterocycles. The van der Waals surface area contributed by atoms with Gasteiger partial charge in [0, 0.05) is 10.2 Å². The SMILES string of the molecule is Cc1ccc(NCN2C(=O)C(=O)c3cc(Br)ccc32)cc1. The molecule has 0 unspecified atom stereocenters. The summed E-state index contributed by atoms with van der Waals surface area (Å²) >= 11 is 3.32. The molecule has 5 heteroatoms. The van der Waals surface area contributed by atoms with Crippen LogP contribution in [0.3, 0.4) is 0 Å². The molecule has 0 aromatic heterocycles. The third-order valence-corrected chi connectivity index (χ3v) is 3.92. The Morgan fingerprint density at radius 2 is 1.81 bits per heavy atom. The van der Waals surface area contributed by atoms with Crippen LogP contribution >= 0.6 is 15.9 Å². The standard InChI is InChI=1S/C16H13BrN2O2/c1-10-2-5-12(6-3-10)18-9-19-14-7-4-11(17)8-13(14)15(20)16(19)21/h2-8,18H,9H2,1H3. The molecule has 2 aromatic rings. The first-order valence-corrected chi connectivity index (χ1v) is 7.32. The smallest absolute Gasteiger partial charge is 0.300 e. The molecule has 0 fully saturated rings. The Hall–Kier alpha value is -2.14. The van der Waals surface area contributed by atoms with Crippen molar-refractivity contribution < 1.29 is 9.59 Å². The normalized spacial score (nSPS) is 13.5. The predicted molar refractivity (Wildman–Crippen MR) is 85.6 cm³/mol. The largest absolute Gasteiger partial charge is 0.367 e. The zero-order valence-corrected chi connectivity index (χ0v) is 13.0. The molecular formula is C16H13BrN2O2. The number of amides is 1. The number of anilines is 2. The fourth-order valence-electron chi connectivity index (χ4n) is 2.27. The van der Waals surface area contributed by atoms with Crippen LogP contribution in [-0.4, -0.2) is 18.4 Å². The number of Topliss-reactive ketones (excluding diaryl/α,β-unsaturated/α-hetero) is 1. The van der Waals surface area contributed by atoms with Gasteiger partial charge >= 0.3 is 5.91 Å². The summed E-state index contributed by atoms with van der Waals surface area (Å²) in [6.07, 6.45) is 0. The van der Waals surface area contributed by atoms with Crippen molar-refractivity contribution in [2.24, 2.45) is 0 Å². The van der Waals surface area contributed by atoms with Crippen molar-refractivity contribution in [1.82, 2.24) is 0 Å². The van der Waals surface area contributed by atoms with E-state index in [1.165, 1.54) is 10.5 Å². The van der Waals surface area contributed by atoms with Crippen LogP contribution in [0, 0.1) is 6.92 Å². The van der Waals surface area contributed by atoms with Crippen molar-refractivity contribution in [3.63, 3.8) is 0 Å². The summed E-state index contributed by atoms with van der Waals surface area (Å²) in [6, 6.07) is 13.2. The van der Waals surface area contributed by atoms with E-state index in [-0.39, 0.29) is 6.67 Å². The average Bonchev–Trinajstić information content (AvgIpc) is 2.71. The fraction of sp³-hybridized carbons (Fsp3) is 0.125. The van der Waals surface area contributed by atoms with Gasteiger partial charge in [0.2, 0.25) is 0 Å². The van der Waals surface area contributed by atoms with Gasteiger partial charge in [-0.3, -0.25) is 14.5 Å². The molecule has 3 rings (SSSR count). The van der Waals surface area contributed by atoms with E-state index in [9.17, 15) is 9.59 Å². The predicted octanol–water partition coefficient (Wildman–Crippen LogP) is 3.36. The van der Waals surface area contributed by atoms with Gasteiger partial charge in [-0.1, -0.05) is 33.6 Å². The second-order valence-corrected chi connectivity index (χ2v) is 5.84. The summed E-state index contributed by atoms with van der Waals surface area (Å²) in [7, 11) is 0. The Labute approximate surface area is 130 Å². The minimum Gasteiger partial charge on any atom is -0.367 e. The number of benzene rings is 2. The van der Waals surface area contributed by atoms with E-state index < -0.39 is 11.7 Å². The van der Waals surface area contributed by atoms with Crippen LogP contribution in [0.5, 0.6) is 0 Å². The van der Waals surface area contributed by atoms with Gasteiger partial charge in [-0.25, -0.2) is 0 Å². The number of nitrogens with one attached hydrogen (secondary N) is 1. The summed E-state index contributed by atoms with van der Waals surface area (Å²) in [5, 5.41) is 3.16. The Morgan fingerprint density at radius 3 is 2.52 bits per heavy atom. The number of halogens is 1. The van der Waals surface area contributed by atoms with E-state index >= 15 is 0 Å². The number of nitrogens with zero attached hydrogens (tertiary/aromatic N) is 1. The Bertz CT molecular complexity index is 726. The monoisotopic (exact) mass is 344 g/mol. The molecule has 0 radical (unpaired) electrons. The maximum atomic E-state index is 12.1. The van der Waals surface area contributed by atoms with Gasteiger partial charge in [0.25, 0.3) is 5.78 Å². The summed E-state index contributed by atoms with van der Waals surface area (Å²) in [5.41, 5.74) is 3.17. The average molecular weight is 345 g/mol. The number of ketones is 1. The maximum absolute atomic E-state index is 12.1. The van der Waals surface area contributed by atoms with E-state index in [1.54, 1.807) is 12.1 Å². The van der Waals surface area contributed by atoms with Crippen molar-refractivity contribution in [2.45, 2.75) is 6.92 Å². The van der Waals surface area contributed by atoms with E-state index in [0.29, 0.717) is 11.3 Å². The second-order valence-electron chi connectivity index (χ2n) is 4.92. The molecule has 106 valence electrons. The van der Waals surface area contributed by atoms with Crippen molar-refractivity contribution in [2.75, 3.05) is 16.9 Å². The van der Waals surface area contributed by atoms with Gasteiger partial charge in [-0.2, -0.15) is 0 Å². The van der Waals surface area contributed by atoms with Crippen LogP contribution in [0.2, 0.25) is 0 Å². The molecule has 0 aliphatic carbocycles. The highest BCUT2D eigenvalue weighted by Gasteiger charge is 2.35. The molecule has 1 heterocycles. The van der Waals surface area contributed by atoms with Gasteiger partial charge in [0.1, 0.15) is 0 Å². The summed E-state index contributed by atoms with van der Waals surface area (Å²) in [4.78, 5) is 25.5. The molecule has 1 N–H and O–H groups in total. The van der Waals surface area contributed by atoms with Gasteiger partial charge < -0.3 is 5.32 Å². The molecule has 2 aromatic carbocycles. The Balaban J connectivity index is 1.82. The molecule has 0 bridgehead atoms. The number of carbonyl (C=O) groups is 2. The summed E-state index contributed by atoms with van der Waals surface area (Å²) in [6.45, 7) is 2.28. The number of hydrogen-bond acceptors (Lipinski definition) is 3. The lowest BCUT2D eigenvalue weighted by Gasteiger charge is -2.18. The van der Waals surface area contributed by atoms with Crippen LogP contribution in [0.15, 0.2) is 46.9 Å². The third-order valence-electron chi connectivity index (χ3n) is 3.43. The fourth-order valence-corrected chi connectivity index (χ4v) is 2.63. The summed E-state index contributed by atoms with van der Waals surface area (Å²) < 4.78 is 0.788. The van der Waals surface area contributed by atoms with Gasteiger partial charge in [0.15, 0.2) is 0 Å². The van der Waals surface area contributed by atoms with Crippen LogP contribution in [-0.2, 0) is 4.79 Å². The maximum Gasteiger partial charge on any atom is 0.300 e. The molecule has 1 aliphatic rings. The van der Waals surface area contributed by atoms with E-state index in [2.05, 4.69) is 21.2 Å². The Morgan fingerprint density at radius 1 is 1.10 bits per heavy atom. The molecular weight excluding hydrogens is 332 g/mol. The zero-order chi connectivity index (χ0) is 15.0. The van der Waals surface area contributed by atoms with Crippen LogP contribution in [0.1, 0.15) is 15.9 Å². The zero-order valence-electron chi connectivity index (χ0n) is 11.4. The second kappa shape index (κ2) is 5.33. The van der Waals surface area contributed by atoms with E-state index in [4.69, 9.17) is 0 Å². The van der Waals surface area contributed by atoms with Crippen molar-refractivity contribution in [3.8, 4) is 0 Å². The molecule has 0 saturated carbocycles. The quantitative estimate of drug-likeness (QED) is 0.868. The number of carbonyl (C=O) groups excluding carboxylic acids is 2. The topological polar surface area (TPSA) is 49.4 Å². The Kier molecular flexibility index (Phi) is 3.51. The molecule has 0 spiro atoms. The van der Waals surface area contributed by atoms with E-state index in [1.807, 2.05) is 37.3 Å². The number of hydrogen-bond donors (Lipinski definition) is 1. The number of fused-ring (bicyclic) bond motifs is 1. The minimum atomic E-state index is -0.497. The third kappa shape index (κ3) is 2.56. The highest BCUT2D eigenvalue weighted by Crippen LogP contribution is 2.31. The highest BCUT2D eigenvalue weighted by molar-refractivity contribution is 9.10. The molecule has 1 amide bonds. The van der Waals surface area contributed by atoms with Gasteiger partial charge in [0.05, 0.1) is 17.9 Å². The summed E-state index contributed by atoms with van der Waals surface area (Å²) in [5.74, 6) is -0.959. The molecule has 21 heavy (non-hydrogen) atoms. The molecule has 0 atom stereocenters. The van der Waals surface area contributed by atoms with Crippen LogP contribution in [0.4, 0.5) is 11.4 Å². The van der Waals surface area contributed by atoms with Crippen LogP contribution < -0.4 is 10.2 Å². The van der Waals surface area contributed by atoms with Crippen molar-refractivity contribution >= 4 is 39.0 Å². The molecule has 4 nitrogen and oxygen atoms in total. The number of rotatable bonds is 3. The molecule has 1 aliphatic heterocycles. The van der Waals surface area contributed by atoms with Gasteiger partial charge in [-0.05, 0) is 37.3 Å². The first kappa shape index (κ1) is 13.8. The van der Waals surface area contributed by atoms with E-state index in [0.717, 1.165) is 10.2 Å². The first-order chi connectivity index (χ1) is 10.1. The lowest BCUT2D eigenvalue weighted by atomic mass is 10.1. The van der Waals surface area contributed by atoms with Crippen molar-refractivity contribution in [1.29, 1.82) is 0 Å². The lowest BCUT2D eigenvalue weighted by molar-refractivity contribution is -0.114. The van der Waals surface area contributed by atoms with Crippen LogP contribution in [0.25, 0.3) is 0 Å². The number of aryl methyl sites for hydroxylation is 1. The van der Waals surface area contributed by atoms with Gasteiger partial charge in [-0.15, -0.1) is 0 Å². The highest BCUT2D eigenvalue weighted by atomic mass is 79.9. The minimum absolute atomic E-state index is 0.266.